The number of likely N-dealkylation sites (tertiary alicyclic amines) is 1. The molecule has 0 radical (unpaired) electrons. The van der Waals surface area contributed by atoms with Gasteiger partial charge in [-0.05, 0) is 18.4 Å². The molecular formula is C22H23N3O5. The van der Waals surface area contributed by atoms with Crippen LogP contribution in [0.25, 0.3) is 0 Å². The highest BCUT2D eigenvalue weighted by molar-refractivity contribution is 6.05. The highest BCUT2D eigenvalue weighted by Gasteiger charge is 2.46. The third-order valence-corrected chi connectivity index (χ3v) is 5.69. The van der Waals surface area contributed by atoms with E-state index in [2.05, 4.69) is 5.10 Å². The van der Waals surface area contributed by atoms with Crippen LogP contribution in [-0.4, -0.2) is 59.0 Å². The number of rotatable bonds is 6. The van der Waals surface area contributed by atoms with Crippen molar-refractivity contribution in [2.45, 2.75) is 25.7 Å². The van der Waals surface area contributed by atoms with E-state index in [0.717, 1.165) is 16.2 Å². The Bertz CT molecular complexity index is 898. The molecule has 4 rings (SSSR count). The molecule has 0 bridgehead atoms. The maximum Gasteiger partial charge on any atom is 0.308 e. The van der Waals surface area contributed by atoms with Crippen molar-refractivity contribution in [2.24, 2.45) is 16.9 Å². The zero-order valence-corrected chi connectivity index (χ0v) is 16.5. The predicted octanol–water partition coefficient (Wildman–Crippen LogP) is 1.51. The molecule has 1 aromatic rings. The largest absolute Gasteiger partial charge is 0.455 e. The van der Waals surface area contributed by atoms with Crippen LogP contribution >= 0.6 is 0 Å². The van der Waals surface area contributed by atoms with Gasteiger partial charge in [-0.25, -0.2) is 5.01 Å². The maximum atomic E-state index is 12.4. The smallest absolute Gasteiger partial charge is 0.308 e. The van der Waals surface area contributed by atoms with Crippen molar-refractivity contribution in [3.05, 3.63) is 48.0 Å². The number of hydrogen-bond donors (Lipinski definition) is 0. The lowest BCUT2D eigenvalue weighted by atomic mass is 9.85. The van der Waals surface area contributed by atoms with Crippen LogP contribution in [0.3, 0.4) is 0 Å². The summed E-state index contributed by atoms with van der Waals surface area (Å²) < 4.78 is 5.05. The van der Waals surface area contributed by atoms with E-state index in [4.69, 9.17) is 4.74 Å². The van der Waals surface area contributed by atoms with Crippen LogP contribution in [0.15, 0.2) is 47.6 Å². The highest BCUT2D eigenvalue weighted by Crippen LogP contribution is 2.35. The summed E-state index contributed by atoms with van der Waals surface area (Å²) in [7, 11) is 0. The van der Waals surface area contributed by atoms with Gasteiger partial charge in [0.15, 0.2) is 6.61 Å². The summed E-state index contributed by atoms with van der Waals surface area (Å²) in [6, 6.07) is 9.59. The summed E-state index contributed by atoms with van der Waals surface area (Å²) >= 11 is 0. The third-order valence-electron chi connectivity index (χ3n) is 5.69. The first kappa shape index (κ1) is 20.0. The average molecular weight is 409 g/mol. The molecule has 1 aliphatic carbocycles. The number of nitrogens with zero attached hydrogens (tertiary/aromatic N) is 3. The number of hydrogen-bond acceptors (Lipinski definition) is 6. The molecule has 2 atom stereocenters. The number of carbonyl (C=O) groups excluding carboxylic acids is 4. The minimum atomic E-state index is -0.622. The lowest BCUT2D eigenvalue weighted by molar-refractivity contribution is -0.152. The number of benzene rings is 1. The zero-order chi connectivity index (χ0) is 21.1. The topological polar surface area (TPSA) is 96.3 Å². The van der Waals surface area contributed by atoms with Crippen molar-refractivity contribution >= 4 is 29.4 Å². The average Bonchev–Trinajstić information content (AvgIpc) is 3.36. The molecule has 0 saturated carbocycles. The molecule has 3 aliphatic rings. The Balaban J connectivity index is 1.24. The van der Waals surface area contributed by atoms with E-state index in [1.165, 1.54) is 5.01 Å². The maximum absolute atomic E-state index is 12.4. The molecule has 0 N–H and O–H groups in total. The Morgan fingerprint density at radius 1 is 1.03 bits per heavy atom. The van der Waals surface area contributed by atoms with E-state index in [1.807, 2.05) is 42.5 Å². The molecule has 0 spiro atoms. The fourth-order valence-corrected chi connectivity index (χ4v) is 4.05. The van der Waals surface area contributed by atoms with Gasteiger partial charge in [-0.2, -0.15) is 5.10 Å². The monoisotopic (exact) mass is 409 g/mol. The fourth-order valence-electron chi connectivity index (χ4n) is 4.05. The van der Waals surface area contributed by atoms with Crippen LogP contribution in [0.2, 0.25) is 0 Å². The molecule has 2 aliphatic heterocycles. The van der Waals surface area contributed by atoms with Gasteiger partial charge in [-0.15, -0.1) is 0 Å². The summed E-state index contributed by atoms with van der Waals surface area (Å²) in [4.78, 5) is 50.3. The summed E-state index contributed by atoms with van der Waals surface area (Å²) in [6.45, 7) is 0.00733. The Morgan fingerprint density at radius 3 is 2.37 bits per heavy atom. The second-order valence-electron chi connectivity index (χ2n) is 7.57. The van der Waals surface area contributed by atoms with Crippen molar-refractivity contribution in [2.75, 3.05) is 19.7 Å². The van der Waals surface area contributed by atoms with Gasteiger partial charge in [0.1, 0.15) is 0 Å². The third kappa shape index (κ3) is 4.03. The van der Waals surface area contributed by atoms with Gasteiger partial charge in [0.25, 0.3) is 5.91 Å². The Hall–Kier alpha value is -3.29. The van der Waals surface area contributed by atoms with E-state index in [-0.39, 0.29) is 36.6 Å². The van der Waals surface area contributed by atoms with Crippen LogP contribution in [0.4, 0.5) is 0 Å². The predicted molar refractivity (Wildman–Crippen MR) is 107 cm³/mol. The van der Waals surface area contributed by atoms with Crippen LogP contribution in [0.1, 0.15) is 31.2 Å². The summed E-state index contributed by atoms with van der Waals surface area (Å²) in [5.41, 5.74) is 1.78. The lowest BCUT2D eigenvalue weighted by Crippen LogP contribution is -2.34. The number of allylic oxidation sites excluding steroid dienone is 2. The highest BCUT2D eigenvalue weighted by atomic mass is 16.5. The summed E-state index contributed by atoms with van der Waals surface area (Å²) in [5, 5.41) is 5.62. The van der Waals surface area contributed by atoms with E-state index in [9.17, 15) is 19.2 Å². The van der Waals surface area contributed by atoms with E-state index >= 15 is 0 Å². The van der Waals surface area contributed by atoms with Crippen LogP contribution < -0.4 is 0 Å². The van der Waals surface area contributed by atoms with Crippen LogP contribution in [0, 0.1) is 11.8 Å². The fraction of sp³-hybridized carbons (Fsp3) is 0.409. The van der Waals surface area contributed by atoms with Crippen LogP contribution in [-0.2, 0) is 23.9 Å². The Labute approximate surface area is 174 Å². The molecule has 1 saturated heterocycles. The Morgan fingerprint density at radius 2 is 1.70 bits per heavy atom. The molecule has 156 valence electrons. The quantitative estimate of drug-likeness (QED) is 0.403. The van der Waals surface area contributed by atoms with Crippen molar-refractivity contribution in [1.82, 2.24) is 9.91 Å². The SMILES string of the molecule is O=C(CCN1C(=O)[C@@H]2CC=CC[C@H]2C1=O)OCC(=O)N1CCC(c2ccccc2)=N1. The standard InChI is InChI=1S/C22H23N3O5/c26-19(25-13-10-18(23-25)15-6-2-1-3-7-15)14-30-20(27)11-12-24-21(28)16-8-4-5-9-17(16)22(24)29/h1-7,16-17H,8-14H2/t16-,17-/m1/s1. The van der Waals surface area contributed by atoms with Crippen molar-refractivity contribution in [3.8, 4) is 0 Å². The first-order chi connectivity index (χ1) is 14.5. The van der Waals surface area contributed by atoms with Crippen LogP contribution in [0.5, 0.6) is 0 Å². The van der Waals surface area contributed by atoms with Gasteiger partial charge in [0, 0.05) is 13.0 Å². The minimum absolute atomic E-state index is 0.0162. The first-order valence-electron chi connectivity index (χ1n) is 10.1. The van der Waals surface area contributed by atoms with E-state index in [1.54, 1.807) is 0 Å². The van der Waals surface area contributed by atoms with E-state index < -0.39 is 18.5 Å². The van der Waals surface area contributed by atoms with Crippen molar-refractivity contribution < 1.29 is 23.9 Å². The number of amides is 3. The van der Waals surface area contributed by atoms with Gasteiger partial charge in [-0.1, -0.05) is 42.5 Å². The van der Waals surface area contributed by atoms with E-state index in [0.29, 0.717) is 25.8 Å². The van der Waals surface area contributed by atoms with Gasteiger partial charge in [-0.3, -0.25) is 24.1 Å². The van der Waals surface area contributed by atoms with Crippen molar-refractivity contribution in [3.63, 3.8) is 0 Å². The van der Waals surface area contributed by atoms with Gasteiger partial charge in [0.05, 0.1) is 30.5 Å². The first-order valence-corrected chi connectivity index (χ1v) is 10.1. The molecule has 1 aromatic carbocycles. The lowest BCUT2D eigenvalue weighted by Gasteiger charge is -2.15. The zero-order valence-electron chi connectivity index (χ0n) is 16.5. The number of fused-ring (bicyclic) bond motifs is 1. The van der Waals surface area contributed by atoms with Crippen molar-refractivity contribution in [1.29, 1.82) is 0 Å². The Kier molecular flexibility index (Phi) is 5.74. The van der Waals surface area contributed by atoms with Gasteiger partial charge in [0.2, 0.25) is 11.8 Å². The molecule has 30 heavy (non-hydrogen) atoms. The molecular weight excluding hydrogens is 386 g/mol. The number of esters is 1. The second-order valence-corrected chi connectivity index (χ2v) is 7.57. The number of hydrazone groups is 1. The summed E-state index contributed by atoms with van der Waals surface area (Å²) in [5.74, 6) is -2.10. The molecule has 8 nitrogen and oxygen atoms in total. The molecule has 2 heterocycles. The summed E-state index contributed by atoms with van der Waals surface area (Å²) in [6.07, 6.45) is 5.47. The molecule has 1 fully saturated rings. The number of ether oxygens (including phenoxy) is 1. The van der Waals surface area contributed by atoms with Gasteiger partial charge < -0.3 is 4.74 Å². The minimum Gasteiger partial charge on any atom is -0.455 e. The second kappa shape index (κ2) is 8.61. The number of carbonyl (C=O) groups is 4. The molecule has 0 aromatic heterocycles. The molecule has 3 amide bonds. The molecule has 0 unspecified atom stereocenters. The van der Waals surface area contributed by atoms with Gasteiger partial charge >= 0.3 is 5.97 Å². The number of imide groups is 1. The normalized spacial score (nSPS) is 22.9. The molecule has 8 heteroatoms.